The summed E-state index contributed by atoms with van der Waals surface area (Å²) in [5, 5.41) is 2.63. The number of benzene rings is 2. The van der Waals surface area contributed by atoms with Gasteiger partial charge < -0.3 is 15.8 Å². The van der Waals surface area contributed by atoms with E-state index in [2.05, 4.69) is 5.32 Å². The van der Waals surface area contributed by atoms with Gasteiger partial charge in [0.05, 0.1) is 11.3 Å². The van der Waals surface area contributed by atoms with E-state index in [1.54, 1.807) is 48.5 Å². The first kappa shape index (κ1) is 21.2. The van der Waals surface area contributed by atoms with Crippen LogP contribution in [-0.2, 0) is 14.3 Å². The summed E-state index contributed by atoms with van der Waals surface area (Å²) in [6.45, 7) is 2.91. The van der Waals surface area contributed by atoms with E-state index in [-0.39, 0.29) is 17.1 Å². The molecule has 0 radical (unpaired) electrons. The van der Waals surface area contributed by atoms with Gasteiger partial charge in [0.25, 0.3) is 5.91 Å². The Morgan fingerprint density at radius 3 is 2.32 bits per heavy atom. The Labute approximate surface area is 166 Å². The van der Waals surface area contributed by atoms with E-state index in [4.69, 9.17) is 10.5 Å². The Morgan fingerprint density at radius 2 is 1.71 bits per heavy atom. The average molecular weight is 400 g/mol. The van der Waals surface area contributed by atoms with Crippen LogP contribution in [0, 0.1) is 0 Å². The molecule has 0 aromatic heterocycles. The van der Waals surface area contributed by atoms with E-state index in [0.29, 0.717) is 16.1 Å². The predicted octanol–water partition coefficient (Wildman–Crippen LogP) is 2.65. The van der Waals surface area contributed by atoms with Crippen molar-refractivity contribution in [1.82, 2.24) is 0 Å². The van der Waals surface area contributed by atoms with Crippen molar-refractivity contribution in [1.29, 1.82) is 0 Å². The van der Waals surface area contributed by atoms with Crippen LogP contribution in [-0.4, -0.2) is 35.4 Å². The SMILES string of the molecule is CC(=O)c1ccc(NC(=O)C(C)OC(=O)c2ccccc2SCC(N)=O)cc1. The van der Waals surface area contributed by atoms with Gasteiger partial charge in [-0.1, -0.05) is 12.1 Å². The Kier molecular flexibility index (Phi) is 7.34. The third-order valence-electron chi connectivity index (χ3n) is 3.69. The van der Waals surface area contributed by atoms with Crippen molar-refractivity contribution in [2.75, 3.05) is 11.1 Å². The van der Waals surface area contributed by atoms with Gasteiger partial charge >= 0.3 is 5.97 Å². The maximum Gasteiger partial charge on any atom is 0.340 e. The van der Waals surface area contributed by atoms with E-state index in [1.165, 1.54) is 13.8 Å². The average Bonchev–Trinajstić information content (AvgIpc) is 2.66. The number of anilines is 1. The first-order valence-electron chi connectivity index (χ1n) is 8.41. The minimum absolute atomic E-state index is 0.0244. The first-order chi connectivity index (χ1) is 13.3. The molecule has 0 aliphatic carbocycles. The number of Topliss-reactive ketones (excluding diaryl/α,β-unsaturated/α-hetero) is 1. The number of nitrogens with one attached hydrogen (secondary N) is 1. The molecule has 2 rings (SSSR count). The van der Waals surface area contributed by atoms with Crippen molar-refractivity contribution in [2.24, 2.45) is 5.73 Å². The minimum Gasteiger partial charge on any atom is -0.449 e. The number of carbonyl (C=O) groups excluding carboxylic acids is 4. The second-order valence-corrected chi connectivity index (χ2v) is 6.94. The molecule has 3 N–H and O–H groups in total. The molecule has 0 fully saturated rings. The number of carbonyl (C=O) groups is 4. The zero-order chi connectivity index (χ0) is 20.7. The Balaban J connectivity index is 2.00. The normalized spacial score (nSPS) is 11.4. The molecular formula is C20H20N2O5S. The van der Waals surface area contributed by atoms with Crippen molar-refractivity contribution >= 4 is 41.0 Å². The van der Waals surface area contributed by atoms with E-state index >= 15 is 0 Å². The van der Waals surface area contributed by atoms with E-state index in [0.717, 1.165) is 11.8 Å². The molecule has 0 bridgehead atoms. The Bertz CT molecular complexity index is 896. The second kappa shape index (κ2) is 9.70. The van der Waals surface area contributed by atoms with Crippen molar-refractivity contribution < 1.29 is 23.9 Å². The van der Waals surface area contributed by atoms with Crippen molar-refractivity contribution in [2.45, 2.75) is 24.8 Å². The van der Waals surface area contributed by atoms with Crippen LogP contribution in [0.2, 0.25) is 0 Å². The van der Waals surface area contributed by atoms with Crippen LogP contribution in [0.3, 0.4) is 0 Å². The fourth-order valence-electron chi connectivity index (χ4n) is 2.22. The van der Waals surface area contributed by atoms with Gasteiger partial charge in [0.1, 0.15) is 0 Å². The highest BCUT2D eigenvalue weighted by molar-refractivity contribution is 8.00. The highest BCUT2D eigenvalue weighted by atomic mass is 32.2. The number of hydrogen-bond donors (Lipinski definition) is 2. The summed E-state index contributed by atoms with van der Waals surface area (Å²) in [5.41, 5.74) is 6.40. The minimum atomic E-state index is -1.05. The molecule has 1 unspecified atom stereocenters. The van der Waals surface area contributed by atoms with Crippen LogP contribution in [0.4, 0.5) is 5.69 Å². The number of ketones is 1. The van der Waals surface area contributed by atoms with Gasteiger partial charge in [-0.25, -0.2) is 4.79 Å². The van der Waals surface area contributed by atoms with E-state index in [9.17, 15) is 19.2 Å². The number of esters is 1. The van der Waals surface area contributed by atoms with Crippen LogP contribution >= 0.6 is 11.8 Å². The Hall–Kier alpha value is -3.13. The molecular weight excluding hydrogens is 380 g/mol. The standard InChI is InChI=1S/C20H20N2O5S/c1-12(23)14-7-9-15(10-8-14)22-19(25)13(2)27-20(26)16-5-3-4-6-17(16)28-11-18(21)24/h3-10,13H,11H2,1-2H3,(H2,21,24)(H,22,25). The summed E-state index contributed by atoms with van der Waals surface area (Å²) in [7, 11) is 0. The van der Waals surface area contributed by atoms with Gasteiger partial charge in [0.2, 0.25) is 5.91 Å². The molecule has 0 heterocycles. The van der Waals surface area contributed by atoms with E-state index < -0.39 is 23.9 Å². The monoisotopic (exact) mass is 400 g/mol. The third kappa shape index (κ3) is 5.95. The van der Waals surface area contributed by atoms with Crippen molar-refractivity contribution in [3.8, 4) is 0 Å². The van der Waals surface area contributed by atoms with Gasteiger partial charge in [0, 0.05) is 16.1 Å². The molecule has 1 atom stereocenters. The van der Waals surface area contributed by atoms with Gasteiger partial charge in [-0.05, 0) is 50.2 Å². The van der Waals surface area contributed by atoms with E-state index in [1.807, 2.05) is 0 Å². The zero-order valence-corrected chi connectivity index (χ0v) is 16.2. The maximum atomic E-state index is 12.4. The maximum absolute atomic E-state index is 12.4. The first-order valence-corrected chi connectivity index (χ1v) is 9.39. The van der Waals surface area contributed by atoms with Crippen molar-refractivity contribution in [3.63, 3.8) is 0 Å². The number of primary amides is 1. The summed E-state index contributed by atoms with van der Waals surface area (Å²) in [4.78, 5) is 47.5. The number of thioether (sulfide) groups is 1. The molecule has 0 aliphatic rings. The molecule has 0 saturated carbocycles. The molecule has 0 aliphatic heterocycles. The van der Waals surface area contributed by atoms with Crippen LogP contribution in [0.5, 0.6) is 0 Å². The predicted molar refractivity (Wildman–Crippen MR) is 106 cm³/mol. The van der Waals surface area contributed by atoms with Crippen LogP contribution in [0.1, 0.15) is 34.6 Å². The highest BCUT2D eigenvalue weighted by Gasteiger charge is 2.21. The largest absolute Gasteiger partial charge is 0.449 e. The molecule has 2 aromatic carbocycles. The van der Waals surface area contributed by atoms with Gasteiger partial charge in [0.15, 0.2) is 11.9 Å². The lowest BCUT2D eigenvalue weighted by molar-refractivity contribution is -0.123. The second-order valence-electron chi connectivity index (χ2n) is 5.92. The molecule has 28 heavy (non-hydrogen) atoms. The summed E-state index contributed by atoms with van der Waals surface area (Å²) in [6, 6.07) is 13.0. The Morgan fingerprint density at radius 1 is 1.07 bits per heavy atom. The summed E-state index contributed by atoms with van der Waals surface area (Å²) in [5.74, 6) is -1.74. The topological polar surface area (TPSA) is 116 Å². The highest BCUT2D eigenvalue weighted by Crippen LogP contribution is 2.23. The third-order valence-corrected chi connectivity index (χ3v) is 4.78. The molecule has 146 valence electrons. The molecule has 8 heteroatoms. The van der Waals surface area contributed by atoms with Crippen LogP contribution < -0.4 is 11.1 Å². The molecule has 7 nitrogen and oxygen atoms in total. The zero-order valence-electron chi connectivity index (χ0n) is 15.4. The number of nitrogens with two attached hydrogens (primary N) is 1. The molecule has 2 aromatic rings. The number of hydrogen-bond acceptors (Lipinski definition) is 6. The molecule has 0 saturated heterocycles. The summed E-state index contributed by atoms with van der Waals surface area (Å²) < 4.78 is 5.25. The van der Waals surface area contributed by atoms with Gasteiger partial charge in [-0.3, -0.25) is 14.4 Å². The fraction of sp³-hybridized carbons (Fsp3) is 0.200. The fourth-order valence-corrected chi connectivity index (χ4v) is 3.00. The lowest BCUT2D eigenvalue weighted by Gasteiger charge is -2.15. The lowest BCUT2D eigenvalue weighted by Crippen LogP contribution is -2.30. The van der Waals surface area contributed by atoms with Crippen molar-refractivity contribution in [3.05, 3.63) is 59.7 Å². The smallest absolute Gasteiger partial charge is 0.340 e. The quantitative estimate of drug-likeness (QED) is 0.400. The van der Waals surface area contributed by atoms with Crippen LogP contribution in [0.25, 0.3) is 0 Å². The molecule has 0 spiro atoms. The van der Waals surface area contributed by atoms with Gasteiger partial charge in [-0.2, -0.15) is 0 Å². The summed E-state index contributed by atoms with van der Waals surface area (Å²) >= 11 is 1.12. The van der Waals surface area contributed by atoms with Gasteiger partial charge in [-0.15, -0.1) is 11.8 Å². The van der Waals surface area contributed by atoms with Crippen LogP contribution in [0.15, 0.2) is 53.4 Å². The summed E-state index contributed by atoms with van der Waals surface area (Å²) in [6.07, 6.45) is -1.05. The molecule has 2 amide bonds. The number of amides is 2. The number of rotatable bonds is 8. The lowest BCUT2D eigenvalue weighted by atomic mass is 10.1. The number of ether oxygens (including phenoxy) is 1.